The van der Waals surface area contributed by atoms with Gasteiger partial charge in [0.25, 0.3) is 0 Å². The molecule has 0 spiro atoms. The Labute approximate surface area is 164 Å². The Morgan fingerprint density at radius 2 is 1.67 bits per heavy atom. The van der Waals surface area contributed by atoms with Gasteiger partial charge in [-0.25, -0.2) is 0 Å². The maximum absolute atomic E-state index is 12.9. The standard InChI is InChI=1S/C22H21ClN2O2/c23-19-11-9-18(10-12-19)22(13-1-2-14-22)21(27)25-15-3-4-16-5-7-17(8-6-16)20(24)26/h5-12H,1-2,13-15H2,(H2,24,26)(H,25,27). The molecule has 1 aliphatic carbocycles. The molecular weight excluding hydrogens is 360 g/mol. The fourth-order valence-corrected chi connectivity index (χ4v) is 3.68. The van der Waals surface area contributed by atoms with E-state index in [1.54, 1.807) is 24.3 Å². The molecule has 0 bridgehead atoms. The molecule has 0 heterocycles. The Balaban J connectivity index is 1.66. The summed E-state index contributed by atoms with van der Waals surface area (Å²) in [7, 11) is 0. The van der Waals surface area contributed by atoms with Crippen LogP contribution in [-0.2, 0) is 10.2 Å². The lowest BCUT2D eigenvalue weighted by molar-refractivity contribution is -0.126. The van der Waals surface area contributed by atoms with Crippen LogP contribution in [-0.4, -0.2) is 18.4 Å². The number of rotatable bonds is 4. The van der Waals surface area contributed by atoms with Crippen molar-refractivity contribution in [2.45, 2.75) is 31.1 Å². The van der Waals surface area contributed by atoms with E-state index in [0.29, 0.717) is 10.6 Å². The number of carbonyl (C=O) groups excluding carboxylic acids is 2. The molecule has 0 unspecified atom stereocenters. The van der Waals surface area contributed by atoms with Crippen LogP contribution in [0.2, 0.25) is 5.02 Å². The molecule has 0 radical (unpaired) electrons. The van der Waals surface area contributed by atoms with Crippen molar-refractivity contribution >= 4 is 23.4 Å². The first kappa shape index (κ1) is 19.0. The van der Waals surface area contributed by atoms with Gasteiger partial charge in [-0.1, -0.05) is 48.4 Å². The number of nitrogens with two attached hydrogens (primary N) is 1. The van der Waals surface area contributed by atoms with E-state index < -0.39 is 11.3 Å². The monoisotopic (exact) mass is 380 g/mol. The molecular formula is C22H21ClN2O2. The number of nitrogens with one attached hydrogen (secondary N) is 1. The normalized spacial score (nSPS) is 14.9. The Hall–Kier alpha value is -2.77. The van der Waals surface area contributed by atoms with Crippen LogP contribution >= 0.6 is 11.6 Å². The van der Waals surface area contributed by atoms with E-state index in [4.69, 9.17) is 17.3 Å². The third kappa shape index (κ3) is 4.32. The highest BCUT2D eigenvalue weighted by atomic mass is 35.5. The van der Waals surface area contributed by atoms with Crippen LogP contribution in [0.15, 0.2) is 48.5 Å². The maximum Gasteiger partial charge on any atom is 0.248 e. The van der Waals surface area contributed by atoms with E-state index in [1.165, 1.54) is 0 Å². The van der Waals surface area contributed by atoms with Crippen molar-refractivity contribution in [1.29, 1.82) is 0 Å². The van der Waals surface area contributed by atoms with Gasteiger partial charge in [-0.2, -0.15) is 0 Å². The molecule has 3 rings (SSSR count). The number of primary amides is 1. The number of benzene rings is 2. The van der Waals surface area contributed by atoms with Gasteiger partial charge in [-0.05, 0) is 54.8 Å². The summed E-state index contributed by atoms with van der Waals surface area (Å²) in [6.45, 7) is 0.270. The molecule has 2 aromatic rings. The summed E-state index contributed by atoms with van der Waals surface area (Å²) >= 11 is 5.99. The van der Waals surface area contributed by atoms with Crippen LogP contribution in [0.25, 0.3) is 0 Å². The van der Waals surface area contributed by atoms with E-state index in [0.717, 1.165) is 36.8 Å². The van der Waals surface area contributed by atoms with Crippen LogP contribution in [0.4, 0.5) is 0 Å². The molecule has 5 heteroatoms. The lowest BCUT2D eigenvalue weighted by Crippen LogP contribution is -2.42. The molecule has 2 aromatic carbocycles. The molecule has 0 aliphatic heterocycles. The third-order valence-corrected chi connectivity index (χ3v) is 5.28. The van der Waals surface area contributed by atoms with E-state index in [9.17, 15) is 9.59 Å². The fraction of sp³-hybridized carbons (Fsp3) is 0.273. The smallest absolute Gasteiger partial charge is 0.248 e. The minimum Gasteiger partial charge on any atom is -0.366 e. The zero-order valence-electron chi connectivity index (χ0n) is 14.9. The van der Waals surface area contributed by atoms with Gasteiger partial charge in [-0.15, -0.1) is 0 Å². The molecule has 2 amide bonds. The first-order chi connectivity index (χ1) is 13.0. The number of carbonyl (C=O) groups is 2. The first-order valence-corrected chi connectivity index (χ1v) is 9.32. The average Bonchev–Trinajstić information content (AvgIpc) is 3.17. The Bertz CT molecular complexity index is 887. The molecule has 0 aromatic heterocycles. The second-order valence-corrected chi connectivity index (χ2v) is 7.16. The van der Waals surface area contributed by atoms with Crippen LogP contribution in [0.1, 0.15) is 47.2 Å². The van der Waals surface area contributed by atoms with Crippen molar-refractivity contribution in [3.05, 3.63) is 70.2 Å². The Morgan fingerprint density at radius 1 is 1.04 bits per heavy atom. The molecule has 1 aliphatic rings. The minimum absolute atomic E-state index is 0.0145. The fourth-order valence-electron chi connectivity index (χ4n) is 3.55. The van der Waals surface area contributed by atoms with Crippen LogP contribution in [0.5, 0.6) is 0 Å². The summed E-state index contributed by atoms with van der Waals surface area (Å²) in [5, 5.41) is 3.63. The molecule has 0 saturated heterocycles. The summed E-state index contributed by atoms with van der Waals surface area (Å²) in [5.74, 6) is 5.49. The van der Waals surface area contributed by atoms with Gasteiger partial charge >= 0.3 is 0 Å². The van der Waals surface area contributed by atoms with E-state index in [2.05, 4.69) is 17.2 Å². The second kappa shape index (κ2) is 8.28. The summed E-state index contributed by atoms with van der Waals surface area (Å²) in [6, 6.07) is 14.3. The zero-order chi connectivity index (χ0) is 19.3. The number of hydrogen-bond acceptors (Lipinski definition) is 2. The lowest BCUT2D eigenvalue weighted by atomic mass is 9.78. The summed E-state index contributed by atoms with van der Waals surface area (Å²) in [4.78, 5) is 24.0. The van der Waals surface area contributed by atoms with Gasteiger partial charge < -0.3 is 11.1 Å². The minimum atomic E-state index is -0.491. The van der Waals surface area contributed by atoms with E-state index in [-0.39, 0.29) is 12.5 Å². The van der Waals surface area contributed by atoms with Gasteiger partial charge in [-0.3, -0.25) is 9.59 Å². The van der Waals surface area contributed by atoms with Gasteiger partial charge in [0.2, 0.25) is 11.8 Å². The van der Waals surface area contributed by atoms with Crippen LogP contribution in [0.3, 0.4) is 0 Å². The van der Waals surface area contributed by atoms with E-state index >= 15 is 0 Å². The molecule has 27 heavy (non-hydrogen) atoms. The van der Waals surface area contributed by atoms with Crippen LogP contribution < -0.4 is 11.1 Å². The largest absolute Gasteiger partial charge is 0.366 e. The molecule has 4 nitrogen and oxygen atoms in total. The predicted octanol–water partition coefficient (Wildman–Crippen LogP) is 3.42. The second-order valence-electron chi connectivity index (χ2n) is 6.72. The zero-order valence-corrected chi connectivity index (χ0v) is 15.7. The highest BCUT2D eigenvalue weighted by molar-refractivity contribution is 6.30. The molecule has 138 valence electrons. The lowest BCUT2D eigenvalue weighted by Gasteiger charge is -2.28. The maximum atomic E-state index is 12.9. The quantitative estimate of drug-likeness (QED) is 0.798. The third-order valence-electron chi connectivity index (χ3n) is 5.03. The van der Waals surface area contributed by atoms with Crippen molar-refractivity contribution in [3.8, 4) is 11.8 Å². The van der Waals surface area contributed by atoms with Crippen molar-refractivity contribution in [2.75, 3.05) is 6.54 Å². The Morgan fingerprint density at radius 3 is 2.26 bits per heavy atom. The summed E-state index contributed by atoms with van der Waals surface area (Å²) < 4.78 is 0. The van der Waals surface area contributed by atoms with Crippen molar-refractivity contribution in [2.24, 2.45) is 5.73 Å². The first-order valence-electron chi connectivity index (χ1n) is 8.94. The van der Waals surface area contributed by atoms with Gasteiger partial charge in [0.05, 0.1) is 12.0 Å². The van der Waals surface area contributed by atoms with Crippen molar-refractivity contribution < 1.29 is 9.59 Å². The average molecular weight is 381 g/mol. The topological polar surface area (TPSA) is 72.2 Å². The highest BCUT2D eigenvalue weighted by Crippen LogP contribution is 2.41. The Kier molecular flexibility index (Phi) is 5.83. The van der Waals surface area contributed by atoms with E-state index in [1.807, 2.05) is 24.3 Å². The van der Waals surface area contributed by atoms with Gasteiger partial charge in [0, 0.05) is 16.1 Å². The van der Waals surface area contributed by atoms with Crippen molar-refractivity contribution in [3.63, 3.8) is 0 Å². The molecule has 0 atom stereocenters. The predicted molar refractivity (Wildman–Crippen MR) is 106 cm³/mol. The van der Waals surface area contributed by atoms with Crippen molar-refractivity contribution in [1.82, 2.24) is 5.32 Å². The summed E-state index contributed by atoms with van der Waals surface area (Å²) in [6.07, 6.45) is 3.74. The summed E-state index contributed by atoms with van der Waals surface area (Å²) in [5.41, 5.74) is 6.95. The van der Waals surface area contributed by atoms with Gasteiger partial charge in [0.15, 0.2) is 0 Å². The number of amides is 2. The number of halogens is 1. The highest BCUT2D eigenvalue weighted by Gasteiger charge is 2.42. The molecule has 1 saturated carbocycles. The molecule has 3 N–H and O–H groups in total. The SMILES string of the molecule is NC(=O)c1ccc(C#CCNC(=O)C2(c3ccc(Cl)cc3)CCCC2)cc1. The number of hydrogen-bond donors (Lipinski definition) is 2. The molecule has 1 fully saturated rings. The van der Waals surface area contributed by atoms with Crippen LogP contribution in [0, 0.1) is 11.8 Å². The van der Waals surface area contributed by atoms with Gasteiger partial charge in [0.1, 0.15) is 0 Å².